The quantitative estimate of drug-likeness (QED) is 0.660. The number of halogens is 1. The predicted molar refractivity (Wildman–Crippen MR) is 115 cm³/mol. The maximum Gasteiger partial charge on any atom is 0.246 e. The number of hydrogen-bond donors (Lipinski definition) is 2. The average molecular weight is 419 g/mol. The number of fused-ring (bicyclic) bond motifs is 1. The molecule has 1 amide bonds. The molecule has 158 valence electrons. The Morgan fingerprint density at radius 3 is 2.94 bits per heavy atom. The van der Waals surface area contributed by atoms with E-state index in [4.69, 9.17) is 0 Å². The van der Waals surface area contributed by atoms with Crippen molar-refractivity contribution in [2.45, 2.75) is 33.0 Å². The lowest BCUT2D eigenvalue weighted by molar-refractivity contribution is -0.117. The Labute approximate surface area is 179 Å². The highest BCUT2D eigenvalue weighted by Gasteiger charge is 2.28. The first kappa shape index (κ1) is 20.3. The van der Waals surface area contributed by atoms with Gasteiger partial charge in [0, 0.05) is 31.4 Å². The lowest BCUT2D eigenvalue weighted by Gasteiger charge is -2.34. The summed E-state index contributed by atoms with van der Waals surface area (Å²) in [6.45, 7) is 4.60. The van der Waals surface area contributed by atoms with Crippen LogP contribution in [0.4, 0.5) is 21.6 Å². The zero-order valence-electron chi connectivity index (χ0n) is 17.5. The van der Waals surface area contributed by atoms with Gasteiger partial charge < -0.3 is 15.5 Å². The van der Waals surface area contributed by atoms with Crippen LogP contribution < -0.4 is 15.5 Å². The molecule has 0 saturated carbocycles. The molecule has 0 bridgehead atoms. The summed E-state index contributed by atoms with van der Waals surface area (Å²) in [5.74, 6) is 0.219. The number of anilines is 3. The van der Waals surface area contributed by atoms with E-state index in [1.807, 2.05) is 44.1 Å². The third-order valence-corrected chi connectivity index (χ3v) is 5.45. The van der Waals surface area contributed by atoms with Gasteiger partial charge in [0.05, 0.1) is 41.4 Å². The fourth-order valence-electron chi connectivity index (χ4n) is 3.53. The molecule has 0 fully saturated rings. The molecular weight excluding hydrogens is 397 g/mol. The molecule has 0 radical (unpaired) electrons. The van der Waals surface area contributed by atoms with E-state index in [1.54, 1.807) is 16.9 Å². The van der Waals surface area contributed by atoms with Crippen LogP contribution in [0.25, 0.3) is 0 Å². The Kier molecular flexibility index (Phi) is 5.29. The zero-order chi connectivity index (χ0) is 22.1. The summed E-state index contributed by atoms with van der Waals surface area (Å²) in [4.78, 5) is 18.5. The largest absolute Gasteiger partial charge is 0.366 e. The van der Waals surface area contributed by atoms with E-state index in [0.29, 0.717) is 30.0 Å². The summed E-state index contributed by atoms with van der Waals surface area (Å²) < 4.78 is 15.0. The van der Waals surface area contributed by atoms with Crippen molar-refractivity contribution in [1.29, 1.82) is 5.26 Å². The van der Waals surface area contributed by atoms with Crippen LogP contribution in [0.15, 0.2) is 36.7 Å². The fourth-order valence-corrected chi connectivity index (χ4v) is 3.53. The molecule has 3 heterocycles. The Bertz CT molecular complexity index is 1200. The number of aryl methyl sites for hydroxylation is 1. The standard InChI is InChI=1S/C22H22FN7O/c1-13-21-19(29(3)14(2)22(31)28-21)7-20(27-13)25-9-15-10-26-30(11-15)12-16-4-5-18(23)6-17(16)8-24/h4-7,10-11,14H,9,12H2,1-3H3,(H,25,27)(H,28,31)/t14-/m0/s1. The maximum absolute atomic E-state index is 13.3. The number of carbonyl (C=O) groups excluding carboxylic acids is 1. The van der Waals surface area contributed by atoms with E-state index < -0.39 is 5.82 Å². The lowest BCUT2D eigenvalue weighted by Crippen LogP contribution is -2.44. The van der Waals surface area contributed by atoms with Crippen molar-refractivity contribution in [2.24, 2.45) is 0 Å². The number of nitrogens with one attached hydrogen (secondary N) is 2. The van der Waals surface area contributed by atoms with Crippen molar-refractivity contribution in [3.63, 3.8) is 0 Å². The number of rotatable bonds is 5. The van der Waals surface area contributed by atoms with Crippen LogP contribution in [0.3, 0.4) is 0 Å². The van der Waals surface area contributed by atoms with Crippen LogP contribution in [0.5, 0.6) is 0 Å². The van der Waals surface area contributed by atoms with Gasteiger partial charge in [0.2, 0.25) is 5.91 Å². The second-order valence-corrected chi connectivity index (χ2v) is 7.58. The zero-order valence-corrected chi connectivity index (χ0v) is 17.5. The molecule has 2 N–H and O–H groups in total. The molecule has 4 rings (SSSR count). The van der Waals surface area contributed by atoms with Crippen molar-refractivity contribution in [2.75, 3.05) is 22.6 Å². The van der Waals surface area contributed by atoms with E-state index in [-0.39, 0.29) is 11.9 Å². The molecule has 9 heteroatoms. The average Bonchev–Trinajstić information content (AvgIpc) is 3.20. The molecule has 0 unspecified atom stereocenters. The second-order valence-electron chi connectivity index (χ2n) is 7.58. The number of benzene rings is 1. The van der Waals surface area contributed by atoms with Gasteiger partial charge in [0.15, 0.2) is 0 Å². The Hall–Kier alpha value is -3.93. The van der Waals surface area contributed by atoms with Gasteiger partial charge in [-0.05, 0) is 31.5 Å². The molecule has 3 aromatic rings. The first-order valence-electron chi connectivity index (χ1n) is 9.84. The molecule has 8 nitrogen and oxygen atoms in total. The predicted octanol–water partition coefficient (Wildman–Crippen LogP) is 3.03. The number of hydrogen-bond acceptors (Lipinski definition) is 6. The lowest BCUT2D eigenvalue weighted by atomic mass is 10.1. The third kappa shape index (κ3) is 4.05. The summed E-state index contributed by atoms with van der Waals surface area (Å²) in [6, 6.07) is 7.84. The second kappa shape index (κ2) is 8.07. The molecule has 1 atom stereocenters. The molecule has 0 spiro atoms. The summed E-state index contributed by atoms with van der Waals surface area (Å²) in [5.41, 5.74) is 4.33. The summed E-state index contributed by atoms with van der Waals surface area (Å²) >= 11 is 0. The van der Waals surface area contributed by atoms with Gasteiger partial charge in [-0.1, -0.05) is 6.07 Å². The van der Waals surface area contributed by atoms with Crippen LogP contribution in [-0.4, -0.2) is 33.8 Å². The number of pyridine rings is 1. The van der Waals surface area contributed by atoms with Gasteiger partial charge in [0.1, 0.15) is 17.7 Å². The normalized spacial score (nSPS) is 15.3. The molecule has 1 aromatic carbocycles. The molecular formula is C22H22FN7O. The van der Waals surface area contributed by atoms with E-state index in [2.05, 4.69) is 20.7 Å². The number of nitriles is 1. The highest BCUT2D eigenvalue weighted by molar-refractivity contribution is 6.04. The van der Waals surface area contributed by atoms with E-state index in [1.165, 1.54) is 12.1 Å². The highest BCUT2D eigenvalue weighted by atomic mass is 19.1. The minimum Gasteiger partial charge on any atom is -0.366 e. The summed E-state index contributed by atoms with van der Waals surface area (Å²) in [7, 11) is 1.89. The van der Waals surface area contributed by atoms with Gasteiger partial charge >= 0.3 is 0 Å². The molecule has 1 aliphatic rings. The van der Waals surface area contributed by atoms with Crippen molar-refractivity contribution in [3.8, 4) is 6.07 Å². The highest BCUT2D eigenvalue weighted by Crippen LogP contribution is 2.34. The van der Waals surface area contributed by atoms with Gasteiger partial charge in [0.25, 0.3) is 0 Å². The van der Waals surface area contributed by atoms with Gasteiger partial charge in [-0.2, -0.15) is 10.4 Å². The molecule has 1 aliphatic heterocycles. The van der Waals surface area contributed by atoms with Crippen LogP contribution in [0.2, 0.25) is 0 Å². The SMILES string of the molecule is Cc1nc(NCc2cnn(Cc3ccc(F)cc3C#N)c2)cc2c1NC(=O)[C@H](C)N2C. The van der Waals surface area contributed by atoms with E-state index in [0.717, 1.165) is 22.6 Å². The molecule has 0 saturated heterocycles. The van der Waals surface area contributed by atoms with Crippen LogP contribution >= 0.6 is 0 Å². The first-order valence-corrected chi connectivity index (χ1v) is 9.84. The van der Waals surface area contributed by atoms with E-state index >= 15 is 0 Å². The van der Waals surface area contributed by atoms with Gasteiger partial charge in [-0.3, -0.25) is 9.48 Å². The van der Waals surface area contributed by atoms with Crippen molar-refractivity contribution >= 4 is 23.1 Å². The van der Waals surface area contributed by atoms with E-state index in [9.17, 15) is 14.4 Å². The Morgan fingerprint density at radius 1 is 1.35 bits per heavy atom. The molecule has 31 heavy (non-hydrogen) atoms. The minimum atomic E-state index is -0.432. The van der Waals surface area contributed by atoms with Crippen molar-refractivity contribution in [3.05, 3.63) is 64.9 Å². The summed E-state index contributed by atoms with van der Waals surface area (Å²) in [6.07, 6.45) is 3.61. The van der Waals surface area contributed by atoms with Crippen molar-refractivity contribution < 1.29 is 9.18 Å². The smallest absolute Gasteiger partial charge is 0.246 e. The Morgan fingerprint density at radius 2 is 2.16 bits per heavy atom. The topological polar surface area (TPSA) is 98.9 Å². The first-order chi connectivity index (χ1) is 14.9. The summed E-state index contributed by atoms with van der Waals surface area (Å²) in [5, 5.41) is 19.8. The minimum absolute atomic E-state index is 0.0475. The number of likely N-dealkylation sites (N-methyl/N-ethyl adjacent to an activating group) is 1. The Balaban J connectivity index is 1.47. The maximum atomic E-state index is 13.3. The number of aromatic nitrogens is 3. The van der Waals surface area contributed by atoms with Crippen molar-refractivity contribution in [1.82, 2.24) is 14.8 Å². The number of carbonyl (C=O) groups is 1. The van der Waals surface area contributed by atoms with Gasteiger partial charge in [-0.25, -0.2) is 9.37 Å². The van der Waals surface area contributed by atoms with Crippen LogP contribution in [-0.2, 0) is 17.9 Å². The number of amides is 1. The van der Waals surface area contributed by atoms with Crippen LogP contribution in [0, 0.1) is 24.1 Å². The molecule has 0 aliphatic carbocycles. The monoisotopic (exact) mass is 419 g/mol. The number of nitrogens with zero attached hydrogens (tertiary/aromatic N) is 5. The van der Waals surface area contributed by atoms with Crippen LogP contribution in [0.1, 0.15) is 29.3 Å². The third-order valence-electron chi connectivity index (χ3n) is 5.45. The fraction of sp³-hybridized carbons (Fsp3) is 0.273. The van der Waals surface area contributed by atoms with Gasteiger partial charge in [-0.15, -0.1) is 0 Å². The molecule has 2 aromatic heterocycles.